The molecule has 34 heavy (non-hydrogen) atoms. The summed E-state index contributed by atoms with van der Waals surface area (Å²) in [5, 5.41) is 23.7. The highest BCUT2D eigenvalue weighted by atomic mass is 16.5. The minimum Gasteiger partial charge on any atom is -0.508 e. The number of amides is 1. The predicted molar refractivity (Wildman–Crippen MR) is 128 cm³/mol. The SMILES string of the molecule is COc1ccc(C(CC(=O)NCCc2ccc(O)cc2)c2c(O)c3ccccc3oc2=O)cc1. The van der Waals surface area contributed by atoms with Crippen molar-refractivity contribution in [3.8, 4) is 17.2 Å². The third kappa shape index (κ3) is 5.04. The molecule has 0 spiro atoms. The summed E-state index contributed by atoms with van der Waals surface area (Å²) in [6, 6.07) is 20.5. The molecule has 1 amide bonds. The van der Waals surface area contributed by atoms with Crippen molar-refractivity contribution in [2.75, 3.05) is 13.7 Å². The average Bonchev–Trinajstić information content (AvgIpc) is 2.85. The molecule has 7 nitrogen and oxygen atoms in total. The van der Waals surface area contributed by atoms with Crippen LogP contribution >= 0.6 is 0 Å². The molecule has 0 radical (unpaired) electrons. The van der Waals surface area contributed by atoms with E-state index in [9.17, 15) is 19.8 Å². The fraction of sp³-hybridized carbons (Fsp3) is 0.185. The topological polar surface area (TPSA) is 109 Å². The number of nitrogens with one attached hydrogen (secondary N) is 1. The van der Waals surface area contributed by atoms with E-state index in [-0.39, 0.29) is 35.0 Å². The fourth-order valence-electron chi connectivity index (χ4n) is 3.94. The van der Waals surface area contributed by atoms with Gasteiger partial charge in [-0.3, -0.25) is 4.79 Å². The van der Waals surface area contributed by atoms with E-state index >= 15 is 0 Å². The minimum atomic E-state index is -0.722. The number of hydrogen-bond donors (Lipinski definition) is 3. The molecule has 1 atom stereocenters. The van der Waals surface area contributed by atoms with Gasteiger partial charge in [-0.05, 0) is 53.9 Å². The van der Waals surface area contributed by atoms with E-state index in [2.05, 4.69) is 5.32 Å². The first-order chi connectivity index (χ1) is 16.5. The molecular weight excluding hydrogens is 434 g/mol. The van der Waals surface area contributed by atoms with Crippen LogP contribution in [-0.4, -0.2) is 29.8 Å². The van der Waals surface area contributed by atoms with Gasteiger partial charge in [0.05, 0.1) is 18.1 Å². The number of fused-ring (bicyclic) bond motifs is 1. The van der Waals surface area contributed by atoms with Gasteiger partial charge in [0.1, 0.15) is 22.8 Å². The van der Waals surface area contributed by atoms with Gasteiger partial charge in [0, 0.05) is 18.9 Å². The number of para-hydroxylation sites is 1. The first-order valence-electron chi connectivity index (χ1n) is 10.9. The van der Waals surface area contributed by atoms with E-state index in [0.717, 1.165) is 5.56 Å². The van der Waals surface area contributed by atoms with Crippen LogP contribution in [0.4, 0.5) is 0 Å². The number of carbonyl (C=O) groups is 1. The van der Waals surface area contributed by atoms with Gasteiger partial charge < -0.3 is 24.7 Å². The highest BCUT2D eigenvalue weighted by molar-refractivity contribution is 5.85. The van der Waals surface area contributed by atoms with Crippen LogP contribution in [0, 0.1) is 0 Å². The third-order valence-corrected chi connectivity index (χ3v) is 5.75. The van der Waals surface area contributed by atoms with E-state index in [1.54, 1.807) is 79.9 Å². The van der Waals surface area contributed by atoms with Crippen molar-refractivity contribution in [1.29, 1.82) is 0 Å². The van der Waals surface area contributed by atoms with Gasteiger partial charge in [0.15, 0.2) is 0 Å². The zero-order chi connectivity index (χ0) is 24.1. The number of phenolic OH excluding ortho intramolecular Hbond substituents is 1. The first kappa shape index (κ1) is 22.9. The van der Waals surface area contributed by atoms with Crippen LogP contribution in [0.3, 0.4) is 0 Å². The number of aromatic hydroxyl groups is 2. The smallest absolute Gasteiger partial charge is 0.343 e. The summed E-state index contributed by atoms with van der Waals surface area (Å²) in [6.45, 7) is 0.386. The molecule has 0 aliphatic rings. The fourth-order valence-corrected chi connectivity index (χ4v) is 3.94. The maximum absolute atomic E-state index is 12.9. The van der Waals surface area contributed by atoms with E-state index in [0.29, 0.717) is 29.7 Å². The zero-order valence-corrected chi connectivity index (χ0v) is 18.7. The van der Waals surface area contributed by atoms with Gasteiger partial charge in [-0.15, -0.1) is 0 Å². The zero-order valence-electron chi connectivity index (χ0n) is 18.7. The van der Waals surface area contributed by atoms with Crippen molar-refractivity contribution < 1.29 is 24.2 Å². The molecule has 0 fully saturated rings. The second-order valence-corrected chi connectivity index (χ2v) is 7.94. The molecule has 3 aromatic carbocycles. The monoisotopic (exact) mass is 459 g/mol. The Bertz CT molecular complexity index is 1340. The van der Waals surface area contributed by atoms with Crippen LogP contribution in [0.25, 0.3) is 11.0 Å². The van der Waals surface area contributed by atoms with Crippen molar-refractivity contribution in [3.05, 3.63) is 99.9 Å². The maximum Gasteiger partial charge on any atom is 0.343 e. The van der Waals surface area contributed by atoms with Gasteiger partial charge in [0.25, 0.3) is 0 Å². The molecule has 0 aliphatic carbocycles. The summed E-state index contributed by atoms with van der Waals surface area (Å²) in [7, 11) is 1.55. The summed E-state index contributed by atoms with van der Waals surface area (Å²) < 4.78 is 10.7. The van der Waals surface area contributed by atoms with Crippen LogP contribution in [0.2, 0.25) is 0 Å². The summed E-state index contributed by atoms with van der Waals surface area (Å²) >= 11 is 0. The van der Waals surface area contributed by atoms with E-state index < -0.39 is 11.5 Å². The summed E-state index contributed by atoms with van der Waals surface area (Å²) in [5.41, 5.74) is 1.28. The molecule has 4 rings (SSSR count). The predicted octanol–water partition coefficient (Wildman–Crippen LogP) is 4.09. The molecule has 4 aromatic rings. The van der Waals surface area contributed by atoms with Gasteiger partial charge in [-0.2, -0.15) is 0 Å². The molecule has 0 saturated heterocycles. The number of phenols is 1. The molecule has 1 aromatic heterocycles. The molecule has 1 unspecified atom stereocenters. The van der Waals surface area contributed by atoms with Crippen molar-refractivity contribution >= 4 is 16.9 Å². The molecule has 7 heteroatoms. The van der Waals surface area contributed by atoms with Gasteiger partial charge in [-0.1, -0.05) is 36.4 Å². The van der Waals surface area contributed by atoms with Crippen LogP contribution in [0.15, 0.2) is 82.0 Å². The van der Waals surface area contributed by atoms with Gasteiger partial charge >= 0.3 is 5.63 Å². The summed E-state index contributed by atoms with van der Waals surface area (Å²) in [4.78, 5) is 25.8. The summed E-state index contributed by atoms with van der Waals surface area (Å²) in [5.74, 6) is -0.365. The van der Waals surface area contributed by atoms with Crippen molar-refractivity contribution in [1.82, 2.24) is 5.32 Å². The molecule has 0 saturated carbocycles. The van der Waals surface area contributed by atoms with Crippen LogP contribution in [-0.2, 0) is 11.2 Å². The quantitative estimate of drug-likeness (QED) is 0.343. The summed E-state index contributed by atoms with van der Waals surface area (Å²) in [6.07, 6.45) is 0.529. The van der Waals surface area contributed by atoms with E-state index in [1.807, 2.05) is 0 Å². The molecule has 0 aliphatic heterocycles. The Hall–Kier alpha value is -4.26. The Morgan fingerprint density at radius 3 is 2.41 bits per heavy atom. The highest BCUT2D eigenvalue weighted by Gasteiger charge is 2.27. The second kappa shape index (κ2) is 10.1. The Morgan fingerprint density at radius 1 is 1.00 bits per heavy atom. The molecule has 1 heterocycles. The number of benzene rings is 3. The Labute approximate surface area is 196 Å². The molecule has 0 bridgehead atoms. The van der Waals surface area contributed by atoms with Gasteiger partial charge in [0.2, 0.25) is 5.91 Å². The number of carbonyl (C=O) groups excluding carboxylic acids is 1. The van der Waals surface area contributed by atoms with Crippen molar-refractivity contribution in [2.24, 2.45) is 0 Å². The standard InChI is InChI=1S/C27H25NO6/c1-33-20-12-8-18(9-13-20)22(16-24(30)28-15-14-17-6-10-19(29)11-7-17)25-26(31)21-4-2-3-5-23(21)34-27(25)32/h2-13,22,29,31H,14-16H2,1H3,(H,28,30). The maximum atomic E-state index is 12.9. The highest BCUT2D eigenvalue weighted by Crippen LogP contribution is 2.36. The second-order valence-electron chi connectivity index (χ2n) is 7.94. The lowest BCUT2D eigenvalue weighted by Gasteiger charge is -2.19. The molecular formula is C27H25NO6. The number of methoxy groups -OCH3 is 1. The molecule has 3 N–H and O–H groups in total. The Balaban J connectivity index is 1.61. The van der Waals surface area contributed by atoms with Crippen LogP contribution in [0.5, 0.6) is 17.2 Å². The van der Waals surface area contributed by atoms with Crippen molar-refractivity contribution in [3.63, 3.8) is 0 Å². The van der Waals surface area contributed by atoms with Crippen LogP contribution in [0.1, 0.15) is 29.0 Å². The van der Waals surface area contributed by atoms with Crippen LogP contribution < -0.4 is 15.7 Å². The Kier molecular flexibility index (Phi) is 6.82. The van der Waals surface area contributed by atoms with E-state index in [1.165, 1.54) is 0 Å². The average molecular weight is 459 g/mol. The normalized spacial score (nSPS) is 11.8. The largest absolute Gasteiger partial charge is 0.508 e. The lowest BCUT2D eigenvalue weighted by molar-refractivity contribution is -0.121. The lowest BCUT2D eigenvalue weighted by atomic mass is 9.88. The number of ether oxygens (including phenoxy) is 1. The van der Waals surface area contributed by atoms with Crippen molar-refractivity contribution in [2.45, 2.75) is 18.8 Å². The van der Waals surface area contributed by atoms with E-state index in [4.69, 9.17) is 9.15 Å². The molecule has 174 valence electrons. The minimum absolute atomic E-state index is 0.0394. The Morgan fingerprint density at radius 2 is 1.71 bits per heavy atom. The number of hydrogen-bond acceptors (Lipinski definition) is 6. The first-order valence-corrected chi connectivity index (χ1v) is 10.9. The third-order valence-electron chi connectivity index (χ3n) is 5.75. The lowest BCUT2D eigenvalue weighted by Crippen LogP contribution is -2.28. The van der Waals surface area contributed by atoms with Gasteiger partial charge in [-0.25, -0.2) is 4.79 Å². The number of rotatable bonds is 8.